The van der Waals surface area contributed by atoms with E-state index in [9.17, 15) is 19.2 Å². The van der Waals surface area contributed by atoms with E-state index < -0.39 is 11.9 Å². The van der Waals surface area contributed by atoms with Crippen molar-refractivity contribution in [2.75, 3.05) is 18.4 Å². The Balaban J connectivity index is 2.60. The lowest BCUT2D eigenvalue weighted by Crippen LogP contribution is -2.26. The second-order valence-electron chi connectivity index (χ2n) is 5.08. The third-order valence-corrected chi connectivity index (χ3v) is 3.48. The average molecular weight is 370 g/mol. The van der Waals surface area contributed by atoms with E-state index in [0.29, 0.717) is 30.1 Å². The summed E-state index contributed by atoms with van der Waals surface area (Å²) < 4.78 is 4.10. The molecule has 0 bridgehead atoms. The van der Waals surface area contributed by atoms with Crippen LogP contribution in [0, 0.1) is 0 Å². The van der Waals surface area contributed by atoms with Crippen molar-refractivity contribution in [2.45, 2.75) is 25.7 Å². The zero-order chi connectivity index (χ0) is 18.7. The molecular formula is C16H20ClN3O5. The van der Waals surface area contributed by atoms with E-state index in [4.69, 9.17) is 17.3 Å². The monoisotopic (exact) mass is 369 g/mol. The fourth-order valence-electron chi connectivity index (χ4n) is 1.90. The SMILES string of the molecule is NCCCCC(=O)Nc1cc(C(=O)NCCC(=O)OC=O)ccc1Cl. The molecule has 0 aliphatic carbocycles. The minimum Gasteiger partial charge on any atom is -0.395 e. The van der Waals surface area contributed by atoms with E-state index in [0.717, 1.165) is 6.42 Å². The van der Waals surface area contributed by atoms with Gasteiger partial charge in [-0.1, -0.05) is 11.6 Å². The van der Waals surface area contributed by atoms with Gasteiger partial charge in [-0.25, -0.2) is 0 Å². The summed E-state index contributed by atoms with van der Waals surface area (Å²) in [6, 6.07) is 4.43. The summed E-state index contributed by atoms with van der Waals surface area (Å²) in [6.45, 7) is 0.560. The van der Waals surface area contributed by atoms with Crippen LogP contribution in [0.3, 0.4) is 0 Å². The zero-order valence-electron chi connectivity index (χ0n) is 13.5. The van der Waals surface area contributed by atoms with E-state index in [2.05, 4.69) is 15.4 Å². The van der Waals surface area contributed by atoms with Gasteiger partial charge in [0.1, 0.15) is 0 Å². The number of ether oxygens (including phenoxy) is 1. The Kier molecular flexibility index (Phi) is 9.20. The number of benzene rings is 1. The molecule has 25 heavy (non-hydrogen) atoms. The summed E-state index contributed by atoms with van der Waals surface area (Å²) in [6.07, 6.45) is 1.58. The third kappa shape index (κ3) is 7.77. The van der Waals surface area contributed by atoms with E-state index >= 15 is 0 Å². The van der Waals surface area contributed by atoms with Crippen LogP contribution >= 0.6 is 11.6 Å². The van der Waals surface area contributed by atoms with Crippen LogP contribution in [0.1, 0.15) is 36.0 Å². The van der Waals surface area contributed by atoms with Crippen molar-refractivity contribution >= 4 is 41.5 Å². The van der Waals surface area contributed by atoms with E-state index in [1.807, 2.05) is 0 Å². The number of nitrogens with one attached hydrogen (secondary N) is 2. The molecule has 0 radical (unpaired) electrons. The van der Waals surface area contributed by atoms with Gasteiger partial charge in [-0.3, -0.25) is 19.2 Å². The first kappa shape index (κ1) is 20.6. The van der Waals surface area contributed by atoms with Gasteiger partial charge in [0.2, 0.25) is 5.91 Å². The van der Waals surface area contributed by atoms with Crippen molar-refractivity contribution in [3.63, 3.8) is 0 Å². The molecule has 0 atom stereocenters. The number of hydrogen-bond acceptors (Lipinski definition) is 6. The fraction of sp³-hybridized carbons (Fsp3) is 0.375. The molecule has 0 fully saturated rings. The maximum Gasteiger partial charge on any atom is 0.315 e. The predicted molar refractivity (Wildman–Crippen MR) is 92.1 cm³/mol. The number of amides is 2. The summed E-state index contributed by atoms with van der Waals surface area (Å²) in [5.74, 6) is -1.41. The Morgan fingerprint density at radius 2 is 1.96 bits per heavy atom. The summed E-state index contributed by atoms with van der Waals surface area (Å²) in [7, 11) is 0. The van der Waals surface area contributed by atoms with Crippen molar-refractivity contribution in [1.29, 1.82) is 0 Å². The normalized spacial score (nSPS) is 10.0. The van der Waals surface area contributed by atoms with Gasteiger partial charge in [0, 0.05) is 18.5 Å². The van der Waals surface area contributed by atoms with Crippen LogP contribution in [0.2, 0.25) is 5.02 Å². The molecule has 0 spiro atoms. The molecular weight excluding hydrogens is 350 g/mol. The van der Waals surface area contributed by atoms with Gasteiger partial charge < -0.3 is 21.1 Å². The molecule has 1 aromatic rings. The third-order valence-electron chi connectivity index (χ3n) is 3.15. The van der Waals surface area contributed by atoms with Crippen molar-refractivity contribution in [3.05, 3.63) is 28.8 Å². The zero-order valence-corrected chi connectivity index (χ0v) is 14.3. The second-order valence-corrected chi connectivity index (χ2v) is 5.49. The highest BCUT2D eigenvalue weighted by atomic mass is 35.5. The first-order chi connectivity index (χ1) is 12.0. The maximum absolute atomic E-state index is 12.0. The summed E-state index contributed by atoms with van der Waals surface area (Å²) in [5, 5.41) is 5.46. The highest BCUT2D eigenvalue weighted by Crippen LogP contribution is 2.23. The first-order valence-corrected chi connectivity index (χ1v) is 8.06. The van der Waals surface area contributed by atoms with Crippen molar-refractivity contribution in [2.24, 2.45) is 5.73 Å². The quantitative estimate of drug-likeness (QED) is 0.246. The molecule has 0 aliphatic rings. The lowest BCUT2D eigenvalue weighted by Gasteiger charge is -2.10. The smallest absolute Gasteiger partial charge is 0.315 e. The lowest BCUT2D eigenvalue weighted by atomic mass is 10.1. The molecule has 0 aliphatic heterocycles. The number of unbranched alkanes of at least 4 members (excludes halogenated alkanes) is 1. The topological polar surface area (TPSA) is 128 Å². The standard InChI is InChI=1S/C16H20ClN3O5/c17-12-5-4-11(16(24)19-8-6-15(23)25-10-21)9-13(12)20-14(22)3-1-2-7-18/h4-5,9-10H,1-3,6-8,18H2,(H,19,24)(H,20,22). The minimum absolute atomic E-state index is 0.00884. The summed E-state index contributed by atoms with van der Waals surface area (Å²) in [4.78, 5) is 44.9. The van der Waals surface area contributed by atoms with Crippen LogP contribution in [0.5, 0.6) is 0 Å². The Morgan fingerprint density at radius 1 is 1.20 bits per heavy atom. The first-order valence-electron chi connectivity index (χ1n) is 7.68. The molecule has 0 saturated carbocycles. The largest absolute Gasteiger partial charge is 0.395 e. The van der Waals surface area contributed by atoms with Gasteiger partial charge in [0.05, 0.1) is 17.1 Å². The molecule has 2 amide bonds. The highest BCUT2D eigenvalue weighted by molar-refractivity contribution is 6.33. The molecule has 8 nitrogen and oxygen atoms in total. The summed E-state index contributed by atoms with van der Waals surface area (Å²) in [5.41, 5.74) is 5.97. The number of anilines is 1. The number of halogens is 1. The fourth-order valence-corrected chi connectivity index (χ4v) is 2.06. The molecule has 0 aromatic heterocycles. The molecule has 0 saturated heterocycles. The molecule has 0 heterocycles. The maximum atomic E-state index is 12.0. The number of nitrogens with two attached hydrogens (primary N) is 1. The van der Waals surface area contributed by atoms with E-state index in [1.54, 1.807) is 0 Å². The van der Waals surface area contributed by atoms with Gasteiger partial charge in [-0.2, -0.15) is 0 Å². The Labute approximate surface area is 150 Å². The minimum atomic E-state index is -0.739. The van der Waals surface area contributed by atoms with Gasteiger partial charge in [0.25, 0.3) is 5.91 Å². The number of carbonyl (C=O) groups is 4. The Hall–Kier alpha value is -2.45. The van der Waals surface area contributed by atoms with Crippen LogP contribution in [-0.4, -0.2) is 37.3 Å². The van der Waals surface area contributed by atoms with Gasteiger partial charge in [-0.15, -0.1) is 0 Å². The number of esters is 1. The molecule has 136 valence electrons. The van der Waals surface area contributed by atoms with Crippen molar-refractivity contribution in [1.82, 2.24) is 5.32 Å². The van der Waals surface area contributed by atoms with Crippen LogP contribution in [0.15, 0.2) is 18.2 Å². The molecule has 9 heteroatoms. The number of rotatable bonds is 10. The average Bonchev–Trinajstić information content (AvgIpc) is 2.57. The Morgan fingerprint density at radius 3 is 2.64 bits per heavy atom. The summed E-state index contributed by atoms with van der Waals surface area (Å²) >= 11 is 6.03. The van der Waals surface area contributed by atoms with Crippen LogP contribution in [-0.2, 0) is 19.1 Å². The van der Waals surface area contributed by atoms with Gasteiger partial charge in [-0.05, 0) is 37.6 Å². The molecule has 1 rings (SSSR count). The highest BCUT2D eigenvalue weighted by Gasteiger charge is 2.12. The van der Waals surface area contributed by atoms with Crippen LogP contribution in [0.25, 0.3) is 0 Å². The van der Waals surface area contributed by atoms with Crippen LogP contribution < -0.4 is 16.4 Å². The molecule has 0 unspecified atom stereocenters. The molecule has 4 N–H and O–H groups in total. The molecule has 1 aromatic carbocycles. The van der Waals surface area contributed by atoms with Crippen LogP contribution in [0.4, 0.5) is 5.69 Å². The van der Waals surface area contributed by atoms with E-state index in [1.165, 1.54) is 18.2 Å². The van der Waals surface area contributed by atoms with Gasteiger partial charge in [0.15, 0.2) is 0 Å². The van der Waals surface area contributed by atoms with Gasteiger partial charge >= 0.3 is 12.4 Å². The Bertz CT molecular complexity index is 636. The van der Waals surface area contributed by atoms with Crippen molar-refractivity contribution in [3.8, 4) is 0 Å². The number of carbonyl (C=O) groups excluding carboxylic acids is 4. The second kappa shape index (κ2) is 11.2. The predicted octanol–water partition coefficient (Wildman–Crippen LogP) is 1.23. The lowest BCUT2D eigenvalue weighted by molar-refractivity contribution is -0.151. The van der Waals surface area contributed by atoms with E-state index in [-0.39, 0.29) is 30.9 Å². The van der Waals surface area contributed by atoms with Crippen molar-refractivity contribution < 1.29 is 23.9 Å². The number of hydrogen-bond donors (Lipinski definition) is 3.